The van der Waals surface area contributed by atoms with Crippen LogP contribution in [0.25, 0.3) is 11.3 Å². The Bertz CT molecular complexity index is 582. The molecule has 104 valence electrons. The molecular formula is C15H16N2O3. The van der Waals surface area contributed by atoms with Gasteiger partial charge in [0.15, 0.2) is 0 Å². The molecule has 0 saturated heterocycles. The highest BCUT2D eigenvalue weighted by atomic mass is 16.4. The van der Waals surface area contributed by atoms with Crippen molar-refractivity contribution in [3.05, 3.63) is 48.2 Å². The molecule has 2 aromatic rings. The first-order chi connectivity index (χ1) is 9.65. The third-order valence-electron chi connectivity index (χ3n) is 2.79. The first-order valence-corrected chi connectivity index (χ1v) is 6.33. The van der Waals surface area contributed by atoms with Gasteiger partial charge >= 0.3 is 5.97 Å². The van der Waals surface area contributed by atoms with Crippen molar-refractivity contribution in [1.82, 2.24) is 10.3 Å². The summed E-state index contributed by atoms with van der Waals surface area (Å²) in [7, 11) is 0. The smallest absolute Gasteiger partial charge is 0.304 e. The van der Waals surface area contributed by atoms with E-state index < -0.39 is 5.97 Å². The Kier molecular flexibility index (Phi) is 4.68. The quantitative estimate of drug-likeness (QED) is 0.701. The van der Waals surface area contributed by atoms with Crippen LogP contribution in [0.3, 0.4) is 0 Å². The molecule has 0 saturated carbocycles. The van der Waals surface area contributed by atoms with Crippen molar-refractivity contribution in [1.29, 1.82) is 0 Å². The van der Waals surface area contributed by atoms with Crippen molar-refractivity contribution in [2.24, 2.45) is 0 Å². The Labute approximate surface area is 116 Å². The standard InChI is InChI=1S/C15H16N2O3/c18-13-6-4-11(5-7-13)14-3-1-2-12(17-14)10-16-9-8-15(19)20/h1-7,16,18H,8-10H2,(H,19,20). The third kappa shape index (κ3) is 4.07. The van der Waals surface area contributed by atoms with E-state index >= 15 is 0 Å². The summed E-state index contributed by atoms with van der Waals surface area (Å²) in [5.41, 5.74) is 2.60. The van der Waals surface area contributed by atoms with E-state index in [0.717, 1.165) is 17.0 Å². The van der Waals surface area contributed by atoms with Gasteiger partial charge in [0.2, 0.25) is 0 Å². The molecule has 1 heterocycles. The van der Waals surface area contributed by atoms with Crippen molar-refractivity contribution in [2.75, 3.05) is 6.54 Å². The highest BCUT2D eigenvalue weighted by Gasteiger charge is 2.02. The Morgan fingerprint density at radius 3 is 2.60 bits per heavy atom. The zero-order chi connectivity index (χ0) is 14.4. The van der Waals surface area contributed by atoms with Gasteiger partial charge in [0.25, 0.3) is 0 Å². The number of carboxylic acids is 1. The van der Waals surface area contributed by atoms with E-state index in [1.54, 1.807) is 24.3 Å². The van der Waals surface area contributed by atoms with Gasteiger partial charge < -0.3 is 15.5 Å². The maximum absolute atomic E-state index is 10.4. The number of hydrogen-bond donors (Lipinski definition) is 3. The van der Waals surface area contributed by atoms with Gasteiger partial charge in [0, 0.05) is 18.7 Å². The number of aliphatic carboxylic acids is 1. The number of rotatable bonds is 6. The van der Waals surface area contributed by atoms with E-state index in [4.69, 9.17) is 5.11 Å². The van der Waals surface area contributed by atoms with Crippen LogP contribution in [-0.2, 0) is 11.3 Å². The molecule has 1 aromatic heterocycles. The number of phenols is 1. The zero-order valence-corrected chi connectivity index (χ0v) is 10.9. The molecule has 0 aliphatic heterocycles. The van der Waals surface area contributed by atoms with Crippen LogP contribution in [0.1, 0.15) is 12.1 Å². The van der Waals surface area contributed by atoms with Gasteiger partial charge in [-0.3, -0.25) is 9.78 Å². The summed E-state index contributed by atoms with van der Waals surface area (Å²) in [6.07, 6.45) is 0.0949. The van der Waals surface area contributed by atoms with Crippen LogP contribution in [0.5, 0.6) is 5.75 Å². The van der Waals surface area contributed by atoms with Crippen molar-refractivity contribution in [3.8, 4) is 17.0 Å². The van der Waals surface area contributed by atoms with Crippen LogP contribution in [0.2, 0.25) is 0 Å². The average molecular weight is 272 g/mol. The van der Waals surface area contributed by atoms with E-state index in [1.165, 1.54) is 0 Å². The Balaban J connectivity index is 2.00. The fourth-order valence-corrected chi connectivity index (χ4v) is 1.78. The Morgan fingerprint density at radius 1 is 1.15 bits per heavy atom. The number of nitrogens with zero attached hydrogens (tertiary/aromatic N) is 1. The topological polar surface area (TPSA) is 82.5 Å². The van der Waals surface area contributed by atoms with E-state index in [1.807, 2.05) is 18.2 Å². The molecule has 1 aromatic carbocycles. The molecule has 0 aliphatic rings. The minimum atomic E-state index is -0.816. The lowest BCUT2D eigenvalue weighted by Crippen LogP contribution is -2.18. The second-order valence-electron chi connectivity index (χ2n) is 4.38. The fraction of sp³-hybridized carbons (Fsp3) is 0.200. The van der Waals surface area contributed by atoms with Crippen molar-refractivity contribution < 1.29 is 15.0 Å². The summed E-state index contributed by atoms with van der Waals surface area (Å²) in [6.45, 7) is 0.944. The number of aromatic hydroxyl groups is 1. The van der Waals surface area contributed by atoms with Crippen LogP contribution < -0.4 is 5.32 Å². The maximum Gasteiger partial charge on any atom is 0.304 e. The predicted molar refractivity (Wildman–Crippen MR) is 75.3 cm³/mol. The molecule has 0 atom stereocenters. The van der Waals surface area contributed by atoms with Crippen molar-refractivity contribution >= 4 is 5.97 Å². The molecule has 0 amide bonds. The Hall–Kier alpha value is -2.40. The Morgan fingerprint density at radius 2 is 1.90 bits per heavy atom. The number of nitrogens with one attached hydrogen (secondary N) is 1. The monoisotopic (exact) mass is 272 g/mol. The molecule has 5 heteroatoms. The summed E-state index contributed by atoms with van der Waals surface area (Å²) in [6, 6.07) is 12.5. The maximum atomic E-state index is 10.4. The van der Waals surface area contributed by atoms with Gasteiger partial charge in [-0.15, -0.1) is 0 Å². The van der Waals surface area contributed by atoms with Gasteiger partial charge in [-0.05, 0) is 36.4 Å². The van der Waals surface area contributed by atoms with E-state index in [0.29, 0.717) is 13.1 Å². The molecule has 0 spiro atoms. The highest BCUT2D eigenvalue weighted by molar-refractivity contribution is 5.66. The van der Waals surface area contributed by atoms with E-state index in [2.05, 4.69) is 10.3 Å². The summed E-state index contributed by atoms with van der Waals surface area (Å²) in [4.78, 5) is 14.9. The second kappa shape index (κ2) is 6.68. The lowest BCUT2D eigenvalue weighted by Gasteiger charge is -2.06. The first-order valence-electron chi connectivity index (χ1n) is 6.33. The van der Waals surface area contributed by atoms with Crippen LogP contribution in [0, 0.1) is 0 Å². The largest absolute Gasteiger partial charge is 0.508 e. The number of carbonyl (C=O) groups is 1. The zero-order valence-electron chi connectivity index (χ0n) is 10.9. The normalized spacial score (nSPS) is 10.4. The summed E-state index contributed by atoms with van der Waals surface area (Å²) in [5.74, 6) is -0.594. The third-order valence-corrected chi connectivity index (χ3v) is 2.79. The molecule has 2 rings (SSSR count). The second-order valence-corrected chi connectivity index (χ2v) is 4.38. The first kappa shape index (κ1) is 14.0. The molecule has 3 N–H and O–H groups in total. The number of carboxylic acid groups (broad SMARTS) is 1. The predicted octanol–water partition coefficient (Wildman–Crippen LogP) is 2.02. The van der Waals surface area contributed by atoms with Crippen LogP contribution in [0.4, 0.5) is 0 Å². The van der Waals surface area contributed by atoms with Crippen molar-refractivity contribution in [2.45, 2.75) is 13.0 Å². The minimum Gasteiger partial charge on any atom is -0.508 e. The number of hydrogen-bond acceptors (Lipinski definition) is 4. The van der Waals surface area contributed by atoms with Gasteiger partial charge in [-0.1, -0.05) is 6.07 Å². The summed E-state index contributed by atoms with van der Waals surface area (Å²) in [5, 5.41) is 20.9. The number of pyridine rings is 1. The number of benzene rings is 1. The minimum absolute atomic E-state index is 0.0949. The fourth-order valence-electron chi connectivity index (χ4n) is 1.78. The molecule has 0 fully saturated rings. The van der Waals surface area contributed by atoms with Gasteiger partial charge in [-0.25, -0.2) is 0 Å². The van der Waals surface area contributed by atoms with Crippen molar-refractivity contribution in [3.63, 3.8) is 0 Å². The number of aromatic nitrogens is 1. The summed E-state index contributed by atoms with van der Waals surface area (Å²) < 4.78 is 0. The van der Waals surface area contributed by atoms with E-state index in [-0.39, 0.29) is 12.2 Å². The molecule has 0 unspecified atom stereocenters. The number of phenolic OH excluding ortho intramolecular Hbond substituents is 1. The molecule has 0 aliphatic carbocycles. The molecule has 5 nitrogen and oxygen atoms in total. The highest BCUT2D eigenvalue weighted by Crippen LogP contribution is 2.20. The lowest BCUT2D eigenvalue weighted by molar-refractivity contribution is -0.136. The SMILES string of the molecule is O=C(O)CCNCc1cccc(-c2ccc(O)cc2)n1. The van der Waals surface area contributed by atoms with Gasteiger partial charge in [0.1, 0.15) is 5.75 Å². The van der Waals surface area contributed by atoms with Gasteiger partial charge in [0.05, 0.1) is 17.8 Å². The molecule has 0 bridgehead atoms. The molecular weight excluding hydrogens is 256 g/mol. The molecule has 20 heavy (non-hydrogen) atoms. The van der Waals surface area contributed by atoms with E-state index in [9.17, 15) is 9.90 Å². The molecule has 0 radical (unpaired) electrons. The van der Waals surface area contributed by atoms with Crippen LogP contribution in [-0.4, -0.2) is 27.7 Å². The average Bonchev–Trinajstić information content (AvgIpc) is 2.44. The summed E-state index contributed by atoms with van der Waals surface area (Å²) >= 11 is 0. The van der Waals surface area contributed by atoms with Crippen LogP contribution >= 0.6 is 0 Å². The van der Waals surface area contributed by atoms with Crippen LogP contribution in [0.15, 0.2) is 42.5 Å². The van der Waals surface area contributed by atoms with Gasteiger partial charge in [-0.2, -0.15) is 0 Å². The lowest BCUT2D eigenvalue weighted by atomic mass is 10.1.